The number of anilines is 1. The van der Waals surface area contributed by atoms with Crippen molar-refractivity contribution in [2.75, 3.05) is 12.0 Å². The Morgan fingerprint density at radius 2 is 1.87 bits per heavy atom. The number of hydrogen-bond donors (Lipinski definition) is 1. The van der Waals surface area contributed by atoms with Crippen molar-refractivity contribution >= 4 is 29.0 Å². The number of rotatable bonds is 6. The minimum atomic E-state index is -2.00. The second-order valence-corrected chi connectivity index (χ2v) is 8.11. The molecule has 0 spiro atoms. The number of ether oxygens (including phenoxy) is 1. The number of methoxy groups -OCH3 is 1. The van der Waals surface area contributed by atoms with Crippen molar-refractivity contribution < 1.29 is 19.4 Å². The third kappa shape index (κ3) is 3.82. The number of carbonyl (C=O) groups excluding carboxylic acids is 2. The van der Waals surface area contributed by atoms with Crippen LogP contribution in [0.5, 0.6) is 5.75 Å². The molecule has 0 aromatic heterocycles. The number of amides is 1. The van der Waals surface area contributed by atoms with E-state index >= 15 is 0 Å². The molecule has 1 aliphatic heterocycles. The Morgan fingerprint density at radius 1 is 1.10 bits per heavy atom. The minimum absolute atomic E-state index is 0.287. The molecule has 1 heterocycles. The lowest BCUT2D eigenvalue weighted by atomic mass is 9.88. The quantitative estimate of drug-likeness (QED) is 0.571. The van der Waals surface area contributed by atoms with Crippen LogP contribution in [0.4, 0.5) is 5.69 Å². The van der Waals surface area contributed by atoms with Crippen molar-refractivity contribution in [1.82, 2.24) is 0 Å². The molecule has 0 saturated heterocycles. The average Bonchev–Trinajstić information content (AvgIpc) is 2.96. The summed E-state index contributed by atoms with van der Waals surface area (Å²) in [5.74, 6) is -0.372. The van der Waals surface area contributed by atoms with Gasteiger partial charge in [-0.15, -0.1) is 0 Å². The van der Waals surface area contributed by atoms with Gasteiger partial charge >= 0.3 is 0 Å². The molecular weight excluding hydrogens is 414 g/mol. The van der Waals surface area contributed by atoms with Crippen molar-refractivity contribution in [1.29, 1.82) is 0 Å². The summed E-state index contributed by atoms with van der Waals surface area (Å²) in [7, 11) is 1.51. The molecule has 1 atom stereocenters. The topological polar surface area (TPSA) is 66.8 Å². The molecule has 3 aromatic rings. The van der Waals surface area contributed by atoms with Gasteiger partial charge in [0.2, 0.25) is 0 Å². The van der Waals surface area contributed by atoms with Gasteiger partial charge in [0.15, 0.2) is 11.4 Å². The number of benzene rings is 3. The Morgan fingerprint density at radius 3 is 2.61 bits per heavy atom. The predicted octanol–water partition coefficient (Wildman–Crippen LogP) is 4.66. The van der Waals surface area contributed by atoms with Crippen LogP contribution in [-0.4, -0.2) is 23.9 Å². The fourth-order valence-electron chi connectivity index (χ4n) is 3.94. The molecule has 4 rings (SSSR count). The maximum atomic E-state index is 13.5. The highest BCUT2D eigenvalue weighted by Crippen LogP contribution is 2.45. The molecule has 0 saturated carbocycles. The molecule has 3 aromatic carbocycles. The number of aliphatic hydroxyl groups is 1. The van der Waals surface area contributed by atoms with Crippen LogP contribution in [0, 0.1) is 6.92 Å². The summed E-state index contributed by atoms with van der Waals surface area (Å²) < 4.78 is 5.18. The Hall–Kier alpha value is -3.15. The molecular formula is C25H22ClNO4. The zero-order chi connectivity index (χ0) is 22.2. The van der Waals surface area contributed by atoms with Gasteiger partial charge in [-0.25, -0.2) is 0 Å². The summed E-state index contributed by atoms with van der Waals surface area (Å²) in [6.07, 6.45) is -0.392. The molecule has 6 heteroatoms. The van der Waals surface area contributed by atoms with Gasteiger partial charge in [-0.05, 0) is 48.4 Å². The molecule has 0 bridgehead atoms. The molecule has 0 unspecified atom stereocenters. The number of fused-ring (bicyclic) bond motifs is 1. The van der Waals surface area contributed by atoms with Gasteiger partial charge < -0.3 is 14.7 Å². The van der Waals surface area contributed by atoms with Crippen LogP contribution >= 0.6 is 11.6 Å². The minimum Gasteiger partial charge on any atom is -0.497 e. The van der Waals surface area contributed by atoms with E-state index in [1.54, 1.807) is 42.5 Å². The van der Waals surface area contributed by atoms with Crippen LogP contribution < -0.4 is 9.64 Å². The van der Waals surface area contributed by atoms with Crippen molar-refractivity contribution in [3.05, 3.63) is 94.0 Å². The van der Waals surface area contributed by atoms with Crippen molar-refractivity contribution in [3.63, 3.8) is 0 Å². The summed E-state index contributed by atoms with van der Waals surface area (Å²) in [5.41, 5.74) is 1.26. The van der Waals surface area contributed by atoms with Crippen molar-refractivity contribution in [3.8, 4) is 5.75 Å². The highest BCUT2D eigenvalue weighted by atomic mass is 35.5. The number of hydrogen-bond acceptors (Lipinski definition) is 4. The smallest absolute Gasteiger partial charge is 0.264 e. The highest BCUT2D eigenvalue weighted by molar-refractivity contribution is 6.31. The van der Waals surface area contributed by atoms with Crippen LogP contribution in [-0.2, 0) is 16.9 Å². The number of aryl methyl sites for hydroxylation is 1. The normalized spacial score (nSPS) is 17.5. The van der Waals surface area contributed by atoms with E-state index < -0.39 is 17.9 Å². The van der Waals surface area contributed by atoms with Crippen molar-refractivity contribution in [2.45, 2.75) is 25.5 Å². The molecule has 31 heavy (non-hydrogen) atoms. The number of carbonyl (C=O) groups is 2. The van der Waals surface area contributed by atoms with E-state index in [0.29, 0.717) is 27.6 Å². The van der Waals surface area contributed by atoms with Crippen LogP contribution in [0.1, 0.15) is 33.5 Å². The molecule has 1 N–H and O–H groups in total. The summed E-state index contributed by atoms with van der Waals surface area (Å²) in [6.45, 7) is 2.26. The predicted molar refractivity (Wildman–Crippen MR) is 120 cm³/mol. The van der Waals surface area contributed by atoms with Gasteiger partial charge in [-0.1, -0.05) is 48.0 Å². The molecule has 1 amide bonds. The molecule has 0 fully saturated rings. The average molecular weight is 436 g/mol. The summed E-state index contributed by atoms with van der Waals surface area (Å²) in [6, 6.07) is 19.3. The highest BCUT2D eigenvalue weighted by Gasteiger charge is 2.51. The fraction of sp³-hybridized carbons (Fsp3) is 0.200. The first-order chi connectivity index (χ1) is 14.8. The van der Waals surface area contributed by atoms with Gasteiger partial charge in [-0.3, -0.25) is 9.59 Å². The molecule has 5 nitrogen and oxygen atoms in total. The second kappa shape index (κ2) is 8.17. The number of Topliss-reactive ketones (excluding diaryl/α,β-unsaturated/α-hetero) is 1. The van der Waals surface area contributed by atoms with E-state index in [1.807, 2.05) is 31.2 Å². The van der Waals surface area contributed by atoms with Crippen LogP contribution in [0.15, 0.2) is 66.7 Å². The Labute approximate surface area is 185 Å². The molecule has 158 valence electrons. The monoisotopic (exact) mass is 435 g/mol. The maximum absolute atomic E-state index is 13.5. The van der Waals surface area contributed by atoms with E-state index in [4.69, 9.17) is 16.3 Å². The van der Waals surface area contributed by atoms with E-state index in [9.17, 15) is 14.7 Å². The SMILES string of the molecule is COc1cccc(C(=O)C[C@@]2(O)C(=O)N(Cc3ccccc3C)c3ccc(Cl)cc32)c1. The standard InChI is InChI=1S/C25H22ClNO4/c1-16-6-3-4-7-18(16)15-27-22-11-10-19(26)13-21(22)25(30,24(27)29)14-23(28)17-8-5-9-20(12-17)31-2/h3-13,30H,14-15H2,1-2H3/t25-/m0/s1. The van der Waals surface area contributed by atoms with Gasteiger partial charge in [0.1, 0.15) is 5.75 Å². The Balaban J connectivity index is 1.72. The lowest BCUT2D eigenvalue weighted by Gasteiger charge is -2.23. The first-order valence-corrected chi connectivity index (χ1v) is 10.3. The molecule has 1 aliphatic rings. The first kappa shape index (κ1) is 21.1. The van der Waals surface area contributed by atoms with Crippen LogP contribution in [0.3, 0.4) is 0 Å². The molecule has 0 radical (unpaired) electrons. The molecule has 0 aliphatic carbocycles. The summed E-state index contributed by atoms with van der Waals surface area (Å²) in [4.78, 5) is 28.0. The Bertz CT molecular complexity index is 1180. The van der Waals surface area contributed by atoms with Gasteiger partial charge in [0.25, 0.3) is 5.91 Å². The van der Waals surface area contributed by atoms with Crippen molar-refractivity contribution in [2.24, 2.45) is 0 Å². The van der Waals surface area contributed by atoms with E-state index in [-0.39, 0.29) is 12.3 Å². The van der Waals surface area contributed by atoms with Crippen LogP contribution in [0.25, 0.3) is 0 Å². The van der Waals surface area contributed by atoms with Gasteiger partial charge in [-0.2, -0.15) is 0 Å². The Kier molecular flexibility index (Phi) is 5.56. The largest absolute Gasteiger partial charge is 0.497 e. The van der Waals surface area contributed by atoms with E-state index in [2.05, 4.69) is 0 Å². The third-order valence-electron chi connectivity index (χ3n) is 5.69. The lowest BCUT2D eigenvalue weighted by Crippen LogP contribution is -2.41. The number of halogens is 1. The van der Waals surface area contributed by atoms with E-state index in [0.717, 1.165) is 11.1 Å². The summed E-state index contributed by atoms with van der Waals surface area (Å²) in [5, 5.41) is 11.9. The van der Waals surface area contributed by atoms with Gasteiger partial charge in [0.05, 0.1) is 25.8 Å². The van der Waals surface area contributed by atoms with E-state index in [1.165, 1.54) is 12.0 Å². The maximum Gasteiger partial charge on any atom is 0.264 e. The second-order valence-electron chi connectivity index (χ2n) is 7.67. The number of nitrogens with zero attached hydrogens (tertiary/aromatic N) is 1. The van der Waals surface area contributed by atoms with Crippen LogP contribution in [0.2, 0.25) is 5.02 Å². The summed E-state index contributed by atoms with van der Waals surface area (Å²) >= 11 is 6.18. The fourth-order valence-corrected chi connectivity index (χ4v) is 4.11. The zero-order valence-electron chi connectivity index (χ0n) is 17.3. The first-order valence-electron chi connectivity index (χ1n) is 9.89. The number of ketones is 1. The zero-order valence-corrected chi connectivity index (χ0v) is 18.0. The third-order valence-corrected chi connectivity index (χ3v) is 5.93. The lowest BCUT2D eigenvalue weighted by molar-refractivity contribution is -0.136. The van der Waals surface area contributed by atoms with Gasteiger partial charge in [0, 0.05) is 16.1 Å².